The molecule has 7 heteroatoms. The summed E-state index contributed by atoms with van der Waals surface area (Å²) in [5, 5.41) is 5.91. The van der Waals surface area contributed by atoms with Gasteiger partial charge in [-0.15, -0.1) is 16.4 Å². The summed E-state index contributed by atoms with van der Waals surface area (Å²) in [7, 11) is 4.13. The van der Waals surface area contributed by atoms with Crippen molar-refractivity contribution in [3.8, 4) is 11.4 Å². The van der Waals surface area contributed by atoms with E-state index in [4.69, 9.17) is 22.3 Å². The van der Waals surface area contributed by atoms with E-state index in [1.807, 2.05) is 40.6 Å². The van der Waals surface area contributed by atoms with Gasteiger partial charge in [-0.3, -0.25) is 0 Å². The molecule has 2 aromatic carbocycles. The van der Waals surface area contributed by atoms with Gasteiger partial charge in [0, 0.05) is 12.6 Å². The summed E-state index contributed by atoms with van der Waals surface area (Å²) in [4.78, 5) is 6.10. The monoisotopic (exact) mass is 396 g/mol. The number of nitrogens with one attached hydrogen (secondary N) is 1. The molecule has 0 saturated carbocycles. The first-order valence-corrected chi connectivity index (χ1v) is 10.1. The maximum atomic E-state index is 5.63. The van der Waals surface area contributed by atoms with Crippen LogP contribution in [0.5, 0.6) is 0 Å². The summed E-state index contributed by atoms with van der Waals surface area (Å²) in [6.45, 7) is 2.90. The highest BCUT2D eigenvalue weighted by atomic mass is 32.1. The van der Waals surface area contributed by atoms with Crippen LogP contribution < -0.4 is 4.90 Å². The van der Waals surface area contributed by atoms with Crippen LogP contribution in [-0.4, -0.2) is 26.4 Å². The minimum atomic E-state index is 0.256. The Morgan fingerprint density at radius 3 is 2.56 bits per heavy atom. The van der Waals surface area contributed by atoms with Gasteiger partial charge in [0.25, 0.3) is 0 Å². The van der Waals surface area contributed by atoms with Gasteiger partial charge in [-0.05, 0) is 31.3 Å². The standard InChI is InChI=1S/C20H21N5S2/c1-14(19-21-16-11-7-8-12-17(16)27-19)23(2)13-25-20(26)24(3)18(22-25)15-9-5-4-6-10-15/h4-12,14H,13H2,1-3H3/p+1/t14-/m1/s1. The molecular weight excluding hydrogens is 374 g/mol. The van der Waals surface area contributed by atoms with Crippen molar-refractivity contribution in [2.75, 3.05) is 7.05 Å². The molecule has 5 nitrogen and oxygen atoms in total. The zero-order valence-corrected chi connectivity index (χ0v) is 17.2. The van der Waals surface area contributed by atoms with E-state index in [-0.39, 0.29) is 6.04 Å². The Hall–Kier alpha value is -2.35. The van der Waals surface area contributed by atoms with E-state index in [9.17, 15) is 0 Å². The van der Waals surface area contributed by atoms with Crippen molar-refractivity contribution >= 4 is 33.8 Å². The summed E-state index contributed by atoms with van der Waals surface area (Å²) in [6.07, 6.45) is 0. The normalized spacial score (nSPS) is 13.7. The highest BCUT2D eigenvalue weighted by Gasteiger charge is 2.21. The molecule has 0 aliphatic rings. The predicted octanol–water partition coefficient (Wildman–Crippen LogP) is 3.46. The molecule has 2 aromatic heterocycles. The molecule has 1 unspecified atom stereocenters. The van der Waals surface area contributed by atoms with E-state index in [2.05, 4.69) is 44.3 Å². The first kappa shape index (κ1) is 18.0. The van der Waals surface area contributed by atoms with Crippen LogP contribution in [0.15, 0.2) is 54.6 Å². The third-order valence-electron chi connectivity index (χ3n) is 4.89. The van der Waals surface area contributed by atoms with Gasteiger partial charge >= 0.3 is 0 Å². The van der Waals surface area contributed by atoms with Gasteiger partial charge in [0.15, 0.2) is 17.5 Å². The molecule has 1 N–H and O–H groups in total. The van der Waals surface area contributed by atoms with Gasteiger partial charge in [-0.2, -0.15) is 4.68 Å². The van der Waals surface area contributed by atoms with E-state index in [1.54, 1.807) is 11.3 Å². The molecule has 2 heterocycles. The van der Waals surface area contributed by atoms with Crippen LogP contribution in [0, 0.1) is 4.77 Å². The Bertz CT molecular complexity index is 1090. The number of para-hydroxylation sites is 1. The lowest BCUT2D eigenvalue weighted by atomic mass is 10.2. The Labute approximate surface area is 167 Å². The highest BCUT2D eigenvalue weighted by molar-refractivity contribution is 7.71. The third kappa shape index (κ3) is 3.45. The van der Waals surface area contributed by atoms with Crippen LogP contribution >= 0.6 is 23.6 Å². The van der Waals surface area contributed by atoms with E-state index >= 15 is 0 Å². The lowest BCUT2D eigenvalue weighted by Gasteiger charge is -2.19. The fraction of sp³-hybridized carbons (Fsp3) is 0.250. The molecule has 138 valence electrons. The largest absolute Gasteiger partial charge is 0.311 e. The van der Waals surface area contributed by atoms with Crippen LogP contribution in [-0.2, 0) is 13.7 Å². The van der Waals surface area contributed by atoms with Crippen LogP contribution in [0.4, 0.5) is 0 Å². The molecule has 0 aliphatic carbocycles. The van der Waals surface area contributed by atoms with Crippen LogP contribution in [0.1, 0.15) is 18.0 Å². The second kappa shape index (κ2) is 7.34. The van der Waals surface area contributed by atoms with Crippen molar-refractivity contribution in [2.24, 2.45) is 7.05 Å². The number of thiazole rings is 1. The Balaban J connectivity index is 1.59. The summed E-state index contributed by atoms with van der Waals surface area (Å²) < 4.78 is 5.84. The summed E-state index contributed by atoms with van der Waals surface area (Å²) in [6, 6.07) is 18.7. The zero-order chi connectivity index (χ0) is 19.0. The second-order valence-corrected chi connectivity index (χ2v) is 8.20. The quantitative estimate of drug-likeness (QED) is 0.525. The van der Waals surface area contributed by atoms with Crippen molar-refractivity contribution in [3.05, 3.63) is 64.4 Å². The van der Waals surface area contributed by atoms with Crippen LogP contribution in [0.25, 0.3) is 21.6 Å². The molecule has 2 atom stereocenters. The second-order valence-electron chi connectivity index (χ2n) is 6.78. The maximum Gasteiger partial charge on any atom is 0.202 e. The van der Waals surface area contributed by atoms with Crippen molar-refractivity contribution in [3.63, 3.8) is 0 Å². The molecule has 0 spiro atoms. The van der Waals surface area contributed by atoms with Gasteiger partial charge < -0.3 is 9.47 Å². The minimum absolute atomic E-state index is 0.256. The average Bonchev–Trinajstić information content (AvgIpc) is 3.24. The van der Waals surface area contributed by atoms with Crippen molar-refractivity contribution in [2.45, 2.75) is 19.6 Å². The molecule has 4 aromatic rings. The molecule has 0 amide bonds. The van der Waals surface area contributed by atoms with E-state index in [0.29, 0.717) is 6.67 Å². The molecule has 0 saturated heterocycles. The SMILES string of the molecule is C[C@H](c1nc2ccccc2s1)[NH+](C)Cn1nc(-c2ccccc2)n(C)c1=S. The molecule has 0 fully saturated rings. The number of quaternary nitrogens is 1. The Kier molecular flexibility index (Phi) is 4.90. The lowest BCUT2D eigenvalue weighted by Crippen LogP contribution is -3.08. The highest BCUT2D eigenvalue weighted by Crippen LogP contribution is 2.24. The summed E-state index contributed by atoms with van der Waals surface area (Å²) >= 11 is 7.39. The van der Waals surface area contributed by atoms with Gasteiger partial charge in [0.1, 0.15) is 6.04 Å². The summed E-state index contributed by atoms with van der Waals surface area (Å²) in [5.74, 6) is 0.890. The first-order valence-electron chi connectivity index (χ1n) is 8.91. The minimum Gasteiger partial charge on any atom is -0.311 e. The topological polar surface area (TPSA) is 40.1 Å². The number of hydrogen-bond donors (Lipinski definition) is 1. The maximum absolute atomic E-state index is 5.63. The average molecular weight is 397 g/mol. The number of aromatic nitrogens is 4. The van der Waals surface area contributed by atoms with Gasteiger partial charge in [-0.25, -0.2) is 4.98 Å². The van der Waals surface area contributed by atoms with Crippen LogP contribution in [0.3, 0.4) is 0 Å². The Morgan fingerprint density at radius 2 is 1.81 bits per heavy atom. The number of benzene rings is 2. The third-order valence-corrected chi connectivity index (χ3v) is 6.60. The fourth-order valence-corrected chi connectivity index (χ4v) is 4.39. The smallest absolute Gasteiger partial charge is 0.202 e. The molecule has 0 bridgehead atoms. The fourth-order valence-electron chi connectivity index (χ4n) is 3.09. The van der Waals surface area contributed by atoms with Gasteiger partial charge in [0.05, 0.1) is 17.3 Å². The summed E-state index contributed by atoms with van der Waals surface area (Å²) in [5.41, 5.74) is 2.14. The molecular formula is C20H22N5S2+. The van der Waals surface area contributed by atoms with Gasteiger partial charge in [0.2, 0.25) is 4.77 Å². The first-order chi connectivity index (χ1) is 13.0. The van der Waals surface area contributed by atoms with Crippen molar-refractivity contribution in [1.29, 1.82) is 0 Å². The predicted molar refractivity (Wildman–Crippen MR) is 112 cm³/mol. The van der Waals surface area contributed by atoms with E-state index < -0.39 is 0 Å². The molecule has 4 rings (SSSR count). The van der Waals surface area contributed by atoms with Crippen LogP contribution in [0.2, 0.25) is 0 Å². The van der Waals surface area contributed by atoms with Gasteiger partial charge in [-0.1, -0.05) is 42.5 Å². The number of hydrogen-bond acceptors (Lipinski definition) is 4. The lowest BCUT2D eigenvalue weighted by molar-refractivity contribution is -0.933. The number of fused-ring (bicyclic) bond motifs is 1. The molecule has 0 radical (unpaired) electrons. The van der Waals surface area contributed by atoms with Crippen molar-refractivity contribution in [1.82, 2.24) is 19.3 Å². The van der Waals surface area contributed by atoms with E-state index in [0.717, 1.165) is 26.7 Å². The number of rotatable bonds is 5. The zero-order valence-electron chi connectivity index (χ0n) is 15.6. The van der Waals surface area contributed by atoms with Crippen molar-refractivity contribution < 1.29 is 4.90 Å². The molecule has 27 heavy (non-hydrogen) atoms. The number of nitrogens with zero attached hydrogens (tertiary/aromatic N) is 4. The molecule has 0 aliphatic heterocycles. The Morgan fingerprint density at radius 1 is 1.11 bits per heavy atom. The van der Waals surface area contributed by atoms with E-state index in [1.165, 1.54) is 9.60 Å².